The second-order valence-corrected chi connectivity index (χ2v) is 3.14. The first kappa shape index (κ1) is 12.5. The number of carboxylic acid groups (broad SMARTS) is 1. The second-order valence-electron chi connectivity index (χ2n) is 3.14. The minimum atomic E-state index is -1.02. The summed E-state index contributed by atoms with van der Waals surface area (Å²) in [6.45, 7) is 0. The van der Waals surface area contributed by atoms with Crippen LogP contribution in [-0.4, -0.2) is 18.2 Å². The van der Waals surface area contributed by atoms with Crippen molar-refractivity contribution < 1.29 is 14.6 Å². The van der Waals surface area contributed by atoms with Crippen LogP contribution in [-0.2, 0) is 4.79 Å². The van der Waals surface area contributed by atoms with Gasteiger partial charge >= 0.3 is 5.97 Å². The second kappa shape index (κ2) is 6.13. The monoisotopic (exact) mass is 229 g/mol. The van der Waals surface area contributed by atoms with Gasteiger partial charge in [-0.2, -0.15) is 5.26 Å². The Hall–Kier alpha value is -2.54. The number of carbonyl (C=O) groups is 1. The number of allylic oxidation sites excluding steroid dienone is 1. The van der Waals surface area contributed by atoms with Crippen LogP contribution in [0.1, 0.15) is 11.1 Å². The molecule has 0 aromatic heterocycles. The van der Waals surface area contributed by atoms with E-state index in [2.05, 4.69) is 0 Å². The van der Waals surface area contributed by atoms with Crippen LogP contribution in [0.5, 0.6) is 5.75 Å². The largest absolute Gasteiger partial charge is 0.496 e. The van der Waals surface area contributed by atoms with Gasteiger partial charge in [-0.05, 0) is 29.8 Å². The fraction of sp³-hybridized carbons (Fsp3) is 0.0769. The van der Waals surface area contributed by atoms with Gasteiger partial charge in [-0.15, -0.1) is 0 Å². The number of rotatable bonds is 4. The van der Waals surface area contributed by atoms with Crippen LogP contribution in [0.4, 0.5) is 0 Å². The van der Waals surface area contributed by atoms with E-state index in [0.717, 1.165) is 11.6 Å². The van der Waals surface area contributed by atoms with Crippen LogP contribution in [0, 0.1) is 11.3 Å². The van der Waals surface area contributed by atoms with Gasteiger partial charge in [-0.1, -0.05) is 6.07 Å². The minimum absolute atomic E-state index is 0.580. The smallest absolute Gasteiger partial charge is 0.328 e. The molecule has 0 aliphatic heterocycles. The Morgan fingerprint density at radius 1 is 1.47 bits per heavy atom. The highest BCUT2D eigenvalue weighted by atomic mass is 16.5. The third-order valence-corrected chi connectivity index (χ3v) is 2.01. The highest BCUT2D eigenvalue weighted by Gasteiger charge is 2.00. The van der Waals surface area contributed by atoms with Crippen molar-refractivity contribution in [3.8, 4) is 11.8 Å². The number of nitriles is 1. The molecule has 0 aliphatic carbocycles. The number of carboxylic acids is 1. The molecule has 0 saturated heterocycles. The van der Waals surface area contributed by atoms with E-state index >= 15 is 0 Å². The molecule has 0 amide bonds. The number of methoxy groups -OCH3 is 1. The van der Waals surface area contributed by atoms with E-state index in [-0.39, 0.29) is 0 Å². The molecule has 0 saturated carbocycles. The van der Waals surface area contributed by atoms with E-state index in [4.69, 9.17) is 15.1 Å². The topological polar surface area (TPSA) is 70.3 Å². The van der Waals surface area contributed by atoms with Crippen LogP contribution in [0.3, 0.4) is 0 Å². The summed E-state index contributed by atoms with van der Waals surface area (Å²) in [5, 5.41) is 17.0. The Morgan fingerprint density at radius 3 is 2.82 bits per heavy atom. The molecule has 17 heavy (non-hydrogen) atoms. The van der Waals surface area contributed by atoms with E-state index in [1.165, 1.54) is 19.3 Å². The van der Waals surface area contributed by atoms with E-state index < -0.39 is 5.97 Å². The zero-order chi connectivity index (χ0) is 12.7. The molecule has 0 aliphatic rings. The summed E-state index contributed by atoms with van der Waals surface area (Å²) in [7, 11) is 1.51. The standard InChI is InChI=1S/C13H11NO3/c1-17-12-6-4-10(3-2-8-14)9-11(12)5-7-13(15)16/h2-7,9H,1H3,(H,15,16)/b3-2?,7-5+. The highest BCUT2D eigenvalue weighted by Crippen LogP contribution is 2.22. The molecular formula is C13H11NO3. The minimum Gasteiger partial charge on any atom is -0.496 e. The number of nitrogens with zero attached hydrogens (tertiary/aromatic N) is 1. The van der Waals surface area contributed by atoms with E-state index in [0.29, 0.717) is 11.3 Å². The summed E-state index contributed by atoms with van der Waals surface area (Å²) in [5.41, 5.74) is 1.45. The molecule has 86 valence electrons. The van der Waals surface area contributed by atoms with Crippen molar-refractivity contribution >= 4 is 18.1 Å². The SMILES string of the molecule is COc1ccc(C=CC#N)cc1/C=C/C(=O)O. The summed E-state index contributed by atoms with van der Waals surface area (Å²) in [5.74, 6) is -0.443. The van der Waals surface area contributed by atoms with E-state index in [1.807, 2.05) is 6.07 Å². The van der Waals surface area contributed by atoms with Crippen LogP contribution >= 0.6 is 0 Å². The summed E-state index contributed by atoms with van der Waals surface area (Å²) < 4.78 is 5.10. The van der Waals surface area contributed by atoms with Crippen molar-refractivity contribution in [1.82, 2.24) is 0 Å². The lowest BCUT2D eigenvalue weighted by Gasteiger charge is -2.05. The molecule has 4 nitrogen and oxygen atoms in total. The zero-order valence-corrected chi connectivity index (χ0v) is 9.25. The number of hydrogen-bond donors (Lipinski definition) is 1. The fourth-order valence-electron chi connectivity index (χ4n) is 1.28. The lowest BCUT2D eigenvalue weighted by Crippen LogP contribution is -1.90. The molecule has 0 heterocycles. The zero-order valence-electron chi connectivity index (χ0n) is 9.25. The maximum atomic E-state index is 10.4. The van der Waals surface area contributed by atoms with Crippen molar-refractivity contribution in [2.45, 2.75) is 0 Å². The first-order valence-electron chi connectivity index (χ1n) is 4.82. The molecule has 0 fully saturated rings. The lowest BCUT2D eigenvalue weighted by atomic mass is 10.1. The molecule has 1 aromatic rings. The first-order valence-corrected chi connectivity index (χ1v) is 4.82. The first-order chi connectivity index (χ1) is 8.17. The Balaban J connectivity index is 3.11. The molecule has 1 N–H and O–H groups in total. The number of aliphatic carboxylic acids is 1. The van der Waals surface area contributed by atoms with E-state index in [9.17, 15) is 4.79 Å². The van der Waals surface area contributed by atoms with Gasteiger partial charge in [-0.3, -0.25) is 0 Å². The predicted octanol–water partition coefficient (Wildman–Crippen LogP) is 2.33. The van der Waals surface area contributed by atoms with Gasteiger partial charge in [-0.25, -0.2) is 4.79 Å². The molecule has 0 spiro atoms. The van der Waals surface area contributed by atoms with Crippen LogP contribution in [0.15, 0.2) is 30.4 Å². The number of ether oxygens (including phenoxy) is 1. The number of hydrogen-bond acceptors (Lipinski definition) is 3. The van der Waals surface area contributed by atoms with E-state index in [1.54, 1.807) is 24.3 Å². The Bertz CT molecular complexity index is 510. The maximum absolute atomic E-state index is 10.4. The van der Waals surface area contributed by atoms with Gasteiger partial charge in [0.1, 0.15) is 5.75 Å². The van der Waals surface area contributed by atoms with Gasteiger partial charge < -0.3 is 9.84 Å². The van der Waals surface area contributed by atoms with Gasteiger partial charge in [0.15, 0.2) is 0 Å². The summed E-state index contributed by atoms with van der Waals surface area (Å²) in [6, 6.07) is 7.14. The molecule has 1 aromatic carbocycles. The van der Waals surface area contributed by atoms with Crippen molar-refractivity contribution in [3.63, 3.8) is 0 Å². The van der Waals surface area contributed by atoms with Gasteiger partial charge in [0.2, 0.25) is 0 Å². The Kier molecular flexibility index (Phi) is 4.52. The fourth-order valence-corrected chi connectivity index (χ4v) is 1.28. The third kappa shape index (κ3) is 3.84. The normalized spacial score (nSPS) is 10.6. The Morgan fingerprint density at radius 2 is 2.24 bits per heavy atom. The molecule has 0 atom stereocenters. The molecule has 0 bridgehead atoms. The highest BCUT2D eigenvalue weighted by molar-refractivity contribution is 5.86. The third-order valence-electron chi connectivity index (χ3n) is 2.01. The Labute approximate surface area is 99.1 Å². The molecule has 0 radical (unpaired) electrons. The van der Waals surface area contributed by atoms with Gasteiger partial charge in [0.25, 0.3) is 0 Å². The number of benzene rings is 1. The summed E-state index contributed by atoms with van der Waals surface area (Å²) >= 11 is 0. The van der Waals surface area contributed by atoms with Crippen molar-refractivity contribution in [3.05, 3.63) is 41.5 Å². The average Bonchev–Trinajstić information content (AvgIpc) is 2.33. The van der Waals surface area contributed by atoms with Crippen molar-refractivity contribution in [2.75, 3.05) is 7.11 Å². The molecular weight excluding hydrogens is 218 g/mol. The maximum Gasteiger partial charge on any atom is 0.328 e. The van der Waals surface area contributed by atoms with Crippen molar-refractivity contribution in [1.29, 1.82) is 5.26 Å². The quantitative estimate of drug-likeness (QED) is 0.635. The molecule has 4 heteroatoms. The lowest BCUT2D eigenvalue weighted by molar-refractivity contribution is -0.131. The van der Waals surface area contributed by atoms with Gasteiger partial charge in [0, 0.05) is 17.7 Å². The molecule has 0 unspecified atom stereocenters. The molecule has 1 rings (SSSR count). The summed E-state index contributed by atoms with van der Waals surface area (Å²) in [6.07, 6.45) is 5.48. The van der Waals surface area contributed by atoms with Crippen LogP contribution in [0.2, 0.25) is 0 Å². The summed E-state index contributed by atoms with van der Waals surface area (Å²) in [4.78, 5) is 10.4. The average molecular weight is 229 g/mol. The van der Waals surface area contributed by atoms with Crippen LogP contribution < -0.4 is 4.74 Å². The van der Waals surface area contributed by atoms with Crippen molar-refractivity contribution in [2.24, 2.45) is 0 Å². The van der Waals surface area contributed by atoms with Gasteiger partial charge in [0.05, 0.1) is 13.2 Å². The van der Waals surface area contributed by atoms with Crippen LogP contribution in [0.25, 0.3) is 12.2 Å². The predicted molar refractivity (Wildman–Crippen MR) is 64.3 cm³/mol.